The van der Waals surface area contributed by atoms with Gasteiger partial charge in [0.25, 0.3) is 5.91 Å². The summed E-state index contributed by atoms with van der Waals surface area (Å²) in [7, 11) is 3.02. The van der Waals surface area contributed by atoms with E-state index in [0.29, 0.717) is 22.7 Å². The Morgan fingerprint density at radius 3 is 2.29 bits per heavy atom. The standard InChI is InChI=1S/C26H24FN3O5/c1-34-22-13-8-17(14-23(22)35-2)16-29-21(15-24(31)28-19-6-4-3-5-7-19)25(32)30(26(29)33)20-11-9-18(27)10-12-20/h3-14,21H,15-16H2,1-2H3,(H,28,31)/t21-/m1/s1. The van der Waals surface area contributed by atoms with Crippen LogP contribution in [0.3, 0.4) is 0 Å². The van der Waals surface area contributed by atoms with Crippen LogP contribution in [0.2, 0.25) is 0 Å². The summed E-state index contributed by atoms with van der Waals surface area (Å²) in [5, 5.41) is 2.75. The molecular weight excluding hydrogens is 453 g/mol. The molecule has 1 fully saturated rings. The molecule has 4 amide bonds. The highest BCUT2D eigenvalue weighted by Crippen LogP contribution is 2.32. The van der Waals surface area contributed by atoms with Crippen molar-refractivity contribution in [3.05, 3.63) is 84.2 Å². The van der Waals surface area contributed by atoms with Gasteiger partial charge in [-0.15, -0.1) is 0 Å². The predicted molar refractivity (Wildman–Crippen MR) is 128 cm³/mol. The summed E-state index contributed by atoms with van der Waals surface area (Å²) in [6, 6.07) is 17.4. The van der Waals surface area contributed by atoms with Gasteiger partial charge in [0.2, 0.25) is 5.91 Å². The molecule has 0 aromatic heterocycles. The molecule has 0 bridgehead atoms. The van der Waals surface area contributed by atoms with Crippen molar-refractivity contribution in [2.75, 3.05) is 24.4 Å². The lowest BCUT2D eigenvalue weighted by Gasteiger charge is -2.22. The largest absolute Gasteiger partial charge is 0.493 e. The zero-order valence-corrected chi connectivity index (χ0v) is 19.2. The van der Waals surface area contributed by atoms with Crippen LogP contribution in [-0.2, 0) is 16.1 Å². The van der Waals surface area contributed by atoms with Crippen molar-refractivity contribution >= 4 is 29.2 Å². The minimum absolute atomic E-state index is 0.0475. The number of benzene rings is 3. The summed E-state index contributed by atoms with van der Waals surface area (Å²) in [6.45, 7) is 0.0475. The Morgan fingerprint density at radius 2 is 1.63 bits per heavy atom. The maximum atomic E-state index is 13.4. The highest BCUT2D eigenvalue weighted by Gasteiger charge is 2.46. The van der Waals surface area contributed by atoms with Crippen molar-refractivity contribution in [1.29, 1.82) is 0 Å². The van der Waals surface area contributed by atoms with Crippen molar-refractivity contribution in [3.8, 4) is 11.5 Å². The van der Waals surface area contributed by atoms with Gasteiger partial charge in [-0.2, -0.15) is 0 Å². The zero-order chi connectivity index (χ0) is 24.9. The zero-order valence-electron chi connectivity index (χ0n) is 19.2. The fourth-order valence-electron chi connectivity index (χ4n) is 3.93. The number of nitrogens with zero attached hydrogens (tertiary/aromatic N) is 2. The molecule has 1 aliphatic rings. The second kappa shape index (κ2) is 10.3. The number of rotatable bonds is 8. The molecule has 1 saturated heterocycles. The molecule has 1 heterocycles. The summed E-state index contributed by atoms with van der Waals surface area (Å²) in [5.41, 5.74) is 1.49. The average Bonchev–Trinajstić information content (AvgIpc) is 3.09. The van der Waals surface area contributed by atoms with Crippen LogP contribution in [0.5, 0.6) is 11.5 Å². The van der Waals surface area contributed by atoms with E-state index in [-0.39, 0.29) is 18.7 Å². The van der Waals surface area contributed by atoms with Crippen LogP contribution in [0.15, 0.2) is 72.8 Å². The van der Waals surface area contributed by atoms with E-state index in [9.17, 15) is 18.8 Å². The molecule has 1 atom stereocenters. The molecule has 1 N–H and O–H groups in total. The van der Waals surface area contributed by atoms with Crippen LogP contribution in [-0.4, -0.2) is 43.0 Å². The lowest BCUT2D eigenvalue weighted by molar-refractivity contribution is -0.124. The number of imide groups is 1. The molecule has 0 aliphatic carbocycles. The van der Waals surface area contributed by atoms with Gasteiger partial charge in [-0.3, -0.25) is 9.59 Å². The molecule has 9 heteroatoms. The van der Waals surface area contributed by atoms with Crippen LogP contribution in [0, 0.1) is 5.82 Å². The number of halogens is 1. The van der Waals surface area contributed by atoms with Crippen LogP contribution in [0.25, 0.3) is 0 Å². The Kier molecular flexibility index (Phi) is 6.96. The summed E-state index contributed by atoms with van der Waals surface area (Å²) >= 11 is 0. The van der Waals surface area contributed by atoms with Gasteiger partial charge in [-0.05, 0) is 54.1 Å². The lowest BCUT2D eigenvalue weighted by atomic mass is 10.1. The van der Waals surface area contributed by atoms with Crippen molar-refractivity contribution < 1.29 is 28.2 Å². The number of methoxy groups -OCH3 is 2. The minimum Gasteiger partial charge on any atom is -0.493 e. The Balaban J connectivity index is 1.63. The second-order valence-corrected chi connectivity index (χ2v) is 7.88. The van der Waals surface area contributed by atoms with Crippen LogP contribution < -0.4 is 19.7 Å². The molecule has 8 nitrogen and oxygen atoms in total. The number of carbonyl (C=O) groups excluding carboxylic acids is 3. The first kappa shape index (κ1) is 23.7. The molecule has 180 valence electrons. The molecule has 0 spiro atoms. The maximum Gasteiger partial charge on any atom is 0.332 e. The number of ether oxygens (including phenoxy) is 2. The summed E-state index contributed by atoms with van der Waals surface area (Å²) < 4.78 is 24.1. The maximum absolute atomic E-state index is 13.4. The molecular formula is C26H24FN3O5. The fraction of sp³-hybridized carbons (Fsp3) is 0.192. The SMILES string of the molecule is COc1ccc(CN2C(=O)N(c3ccc(F)cc3)C(=O)[C@H]2CC(=O)Nc2ccccc2)cc1OC. The average molecular weight is 477 g/mol. The number of hydrogen-bond donors (Lipinski definition) is 1. The first-order valence-corrected chi connectivity index (χ1v) is 10.9. The molecule has 3 aromatic rings. The van der Waals surface area contributed by atoms with E-state index in [1.54, 1.807) is 42.5 Å². The minimum atomic E-state index is -1.05. The van der Waals surface area contributed by atoms with Crippen molar-refractivity contribution in [3.63, 3.8) is 0 Å². The topological polar surface area (TPSA) is 88.2 Å². The van der Waals surface area contributed by atoms with E-state index >= 15 is 0 Å². The highest BCUT2D eigenvalue weighted by atomic mass is 19.1. The van der Waals surface area contributed by atoms with Gasteiger partial charge >= 0.3 is 6.03 Å². The second-order valence-electron chi connectivity index (χ2n) is 7.88. The first-order chi connectivity index (χ1) is 16.9. The van der Waals surface area contributed by atoms with Crippen LogP contribution >= 0.6 is 0 Å². The Hall–Kier alpha value is -4.40. The van der Waals surface area contributed by atoms with Gasteiger partial charge in [-0.25, -0.2) is 14.1 Å². The highest BCUT2D eigenvalue weighted by molar-refractivity contribution is 6.22. The first-order valence-electron chi connectivity index (χ1n) is 10.9. The van der Waals surface area contributed by atoms with Gasteiger partial charge in [0.05, 0.1) is 26.3 Å². The Bertz CT molecular complexity index is 1230. The molecule has 0 radical (unpaired) electrons. The monoisotopic (exact) mass is 477 g/mol. The molecule has 35 heavy (non-hydrogen) atoms. The number of urea groups is 1. The normalized spacial score (nSPS) is 15.3. The number of nitrogens with one attached hydrogen (secondary N) is 1. The van der Waals surface area contributed by atoms with E-state index < -0.39 is 29.7 Å². The van der Waals surface area contributed by atoms with Crippen molar-refractivity contribution in [2.45, 2.75) is 19.0 Å². The summed E-state index contributed by atoms with van der Waals surface area (Å²) in [6.07, 6.45) is -0.246. The Labute approximate surface area is 201 Å². The summed E-state index contributed by atoms with van der Waals surface area (Å²) in [4.78, 5) is 41.8. The summed E-state index contributed by atoms with van der Waals surface area (Å²) in [5.74, 6) is -0.483. The van der Waals surface area contributed by atoms with Crippen molar-refractivity contribution in [1.82, 2.24) is 4.90 Å². The van der Waals surface area contributed by atoms with Gasteiger partial charge in [0.1, 0.15) is 11.9 Å². The number of amides is 4. The third-order valence-electron chi connectivity index (χ3n) is 5.64. The van der Waals surface area contributed by atoms with E-state index in [1.807, 2.05) is 6.07 Å². The third-order valence-corrected chi connectivity index (χ3v) is 5.64. The van der Waals surface area contributed by atoms with E-state index in [1.165, 1.54) is 43.4 Å². The van der Waals surface area contributed by atoms with Gasteiger partial charge in [0.15, 0.2) is 11.5 Å². The Morgan fingerprint density at radius 1 is 0.943 bits per heavy atom. The smallest absolute Gasteiger partial charge is 0.332 e. The van der Waals surface area contributed by atoms with Crippen LogP contribution in [0.1, 0.15) is 12.0 Å². The number of hydrogen-bond acceptors (Lipinski definition) is 5. The molecule has 0 saturated carbocycles. The number of carbonyl (C=O) groups is 3. The molecule has 0 unspecified atom stereocenters. The predicted octanol–water partition coefficient (Wildman–Crippen LogP) is 4.21. The molecule has 3 aromatic carbocycles. The van der Waals surface area contributed by atoms with E-state index in [4.69, 9.17) is 9.47 Å². The third kappa shape index (κ3) is 5.08. The van der Waals surface area contributed by atoms with Crippen molar-refractivity contribution in [2.24, 2.45) is 0 Å². The molecule has 1 aliphatic heterocycles. The van der Waals surface area contributed by atoms with E-state index in [0.717, 1.165) is 4.90 Å². The molecule has 4 rings (SSSR count). The fourth-order valence-corrected chi connectivity index (χ4v) is 3.93. The van der Waals surface area contributed by atoms with Gasteiger partial charge in [0, 0.05) is 12.2 Å². The lowest BCUT2D eigenvalue weighted by Crippen LogP contribution is -2.37. The number of para-hydroxylation sites is 1. The van der Waals surface area contributed by atoms with Gasteiger partial charge < -0.3 is 19.7 Å². The quantitative estimate of drug-likeness (QED) is 0.491. The van der Waals surface area contributed by atoms with Gasteiger partial charge in [-0.1, -0.05) is 24.3 Å². The number of anilines is 2. The van der Waals surface area contributed by atoms with Crippen LogP contribution in [0.4, 0.5) is 20.6 Å². The van der Waals surface area contributed by atoms with E-state index in [2.05, 4.69) is 5.32 Å².